The minimum Gasteiger partial charge on any atom is -0.444 e. The number of nitrogens with zero attached hydrogens (tertiary/aromatic N) is 1. The Morgan fingerprint density at radius 3 is 2.56 bits per heavy atom. The highest BCUT2D eigenvalue weighted by atomic mass is 16.6. The van der Waals surface area contributed by atoms with Crippen LogP contribution in [0.5, 0.6) is 0 Å². The molecule has 0 bridgehead atoms. The van der Waals surface area contributed by atoms with Gasteiger partial charge in [0.05, 0.1) is 6.54 Å². The van der Waals surface area contributed by atoms with Crippen molar-refractivity contribution >= 4 is 17.9 Å². The molecule has 0 unspecified atom stereocenters. The molecule has 136 valence electrons. The summed E-state index contributed by atoms with van der Waals surface area (Å²) in [7, 11) is 0. The van der Waals surface area contributed by atoms with E-state index in [9.17, 15) is 14.4 Å². The van der Waals surface area contributed by atoms with E-state index < -0.39 is 17.7 Å². The molecule has 0 aliphatic carbocycles. The number of piperazine rings is 1. The van der Waals surface area contributed by atoms with Gasteiger partial charge in [0, 0.05) is 19.5 Å². The first-order chi connectivity index (χ1) is 11.7. The van der Waals surface area contributed by atoms with E-state index in [-0.39, 0.29) is 18.4 Å². The Morgan fingerprint density at radius 2 is 1.96 bits per heavy atom. The van der Waals surface area contributed by atoms with Gasteiger partial charge in [0.15, 0.2) is 0 Å². The number of alkyl carbamates (subject to hydrolysis) is 1. The molecule has 1 atom stereocenters. The monoisotopic (exact) mass is 347 g/mol. The molecule has 0 radical (unpaired) electrons. The number of nitrogens with one attached hydrogen (secondary N) is 2. The molecule has 3 amide bonds. The van der Waals surface area contributed by atoms with E-state index in [0.717, 1.165) is 5.56 Å². The zero-order valence-electron chi connectivity index (χ0n) is 14.9. The summed E-state index contributed by atoms with van der Waals surface area (Å²) in [6.07, 6.45) is -0.319. The first kappa shape index (κ1) is 18.8. The van der Waals surface area contributed by atoms with Gasteiger partial charge < -0.3 is 20.3 Å². The summed E-state index contributed by atoms with van der Waals surface area (Å²) in [5, 5.41) is 5.33. The summed E-state index contributed by atoms with van der Waals surface area (Å²) >= 11 is 0. The van der Waals surface area contributed by atoms with Gasteiger partial charge in [-0.05, 0) is 26.3 Å². The van der Waals surface area contributed by atoms with Crippen LogP contribution < -0.4 is 10.6 Å². The molecular formula is C18H25N3O4. The predicted molar refractivity (Wildman–Crippen MR) is 92.9 cm³/mol. The molecule has 2 N–H and O–H groups in total. The Hall–Kier alpha value is -2.57. The van der Waals surface area contributed by atoms with Gasteiger partial charge in [-0.2, -0.15) is 0 Å². The number of ether oxygens (including phenoxy) is 1. The van der Waals surface area contributed by atoms with Crippen LogP contribution in [-0.4, -0.2) is 54.1 Å². The Morgan fingerprint density at radius 1 is 1.28 bits per heavy atom. The highest BCUT2D eigenvalue weighted by molar-refractivity contribution is 5.90. The SMILES string of the molecule is CC(C)(C)OC(=O)N[C@@H](Cc1ccccc1)C(=O)N1CCNC(=O)C1. The molecular weight excluding hydrogens is 322 g/mol. The normalized spacial score (nSPS) is 16.0. The molecule has 1 saturated heterocycles. The van der Waals surface area contributed by atoms with Crippen LogP contribution in [0, 0.1) is 0 Å². The number of hydrogen-bond donors (Lipinski definition) is 2. The largest absolute Gasteiger partial charge is 0.444 e. The molecule has 2 rings (SSSR count). The zero-order valence-corrected chi connectivity index (χ0v) is 14.9. The second kappa shape index (κ2) is 8.00. The number of hydrogen-bond acceptors (Lipinski definition) is 4. The first-order valence-electron chi connectivity index (χ1n) is 8.33. The second-order valence-electron chi connectivity index (χ2n) is 7.00. The van der Waals surface area contributed by atoms with Crippen LogP contribution in [0.2, 0.25) is 0 Å². The highest BCUT2D eigenvalue weighted by Crippen LogP contribution is 2.10. The molecule has 1 aromatic rings. The number of benzene rings is 1. The summed E-state index contributed by atoms with van der Waals surface area (Å²) in [6.45, 7) is 6.11. The van der Waals surface area contributed by atoms with Crippen molar-refractivity contribution in [1.82, 2.24) is 15.5 Å². The van der Waals surface area contributed by atoms with Crippen LogP contribution >= 0.6 is 0 Å². The van der Waals surface area contributed by atoms with Crippen molar-refractivity contribution < 1.29 is 19.1 Å². The molecule has 1 fully saturated rings. The van der Waals surface area contributed by atoms with Crippen LogP contribution in [0.3, 0.4) is 0 Å². The fourth-order valence-electron chi connectivity index (χ4n) is 2.55. The van der Waals surface area contributed by atoms with Gasteiger partial charge >= 0.3 is 6.09 Å². The van der Waals surface area contributed by atoms with Crippen molar-refractivity contribution in [3.8, 4) is 0 Å². The number of amides is 3. The molecule has 0 aromatic heterocycles. The Balaban J connectivity index is 2.11. The van der Waals surface area contributed by atoms with Gasteiger partial charge in [-0.3, -0.25) is 9.59 Å². The standard InChI is InChI=1S/C18H25N3O4/c1-18(2,3)25-17(24)20-14(11-13-7-5-4-6-8-13)16(23)21-10-9-19-15(22)12-21/h4-8,14H,9-12H2,1-3H3,(H,19,22)(H,20,24)/t14-/m0/s1. The van der Waals surface area contributed by atoms with Crippen LogP contribution in [0.1, 0.15) is 26.3 Å². The van der Waals surface area contributed by atoms with Gasteiger partial charge in [0.25, 0.3) is 0 Å². The molecule has 25 heavy (non-hydrogen) atoms. The van der Waals surface area contributed by atoms with E-state index in [4.69, 9.17) is 4.74 Å². The summed E-state index contributed by atoms with van der Waals surface area (Å²) in [4.78, 5) is 38.0. The van der Waals surface area contributed by atoms with Gasteiger partial charge in [0.2, 0.25) is 11.8 Å². The van der Waals surface area contributed by atoms with Crippen molar-refractivity contribution in [3.05, 3.63) is 35.9 Å². The molecule has 7 nitrogen and oxygen atoms in total. The van der Waals surface area contributed by atoms with Gasteiger partial charge in [-0.25, -0.2) is 4.79 Å². The lowest BCUT2D eigenvalue weighted by Gasteiger charge is -2.31. The minimum atomic E-state index is -0.789. The van der Waals surface area contributed by atoms with E-state index in [2.05, 4.69) is 10.6 Å². The third kappa shape index (κ3) is 6.10. The smallest absolute Gasteiger partial charge is 0.408 e. The van der Waals surface area contributed by atoms with E-state index in [0.29, 0.717) is 19.5 Å². The third-order valence-electron chi connectivity index (χ3n) is 3.62. The summed E-state index contributed by atoms with van der Waals surface area (Å²) < 4.78 is 5.26. The Kier molecular flexibility index (Phi) is 6.01. The fourth-order valence-corrected chi connectivity index (χ4v) is 2.55. The lowest BCUT2D eigenvalue weighted by molar-refractivity contribution is -0.139. The Bertz CT molecular complexity index is 625. The molecule has 1 heterocycles. The lowest BCUT2D eigenvalue weighted by atomic mass is 10.0. The van der Waals surface area contributed by atoms with Crippen LogP contribution in [0.25, 0.3) is 0 Å². The van der Waals surface area contributed by atoms with Gasteiger partial charge in [-0.1, -0.05) is 30.3 Å². The van der Waals surface area contributed by atoms with E-state index in [1.807, 2.05) is 30.3 Å². The quantitative estimate of drug-likeness (QED) is 0.853. The number of carbonyl (C=O) groups excluding carboxylic acids is 3. The summed E-state index contributed by atoms with van der Waals surface area (Å²) in [5.74, 6) is -0.486. The first-order valence-corrected chi connectivity index (χ1v) is 8.33. The average molecular weight is 347 g/mol. The third-order valence-corrected chi connectivity index (χ3v) is 3.62. The van der Waals surface area contributed by atoms with Crippen molar-refractivity contribution in [2.24, 2.45) is 0 Å². The highest BCUT2D eigenvalue weighted by Gasteiger charge is 2.30. The molecule has 1 aliphatic rings. The molecule has 7 heteroatoms. The lowest BCUT2D eigenvalue weighted by Crippen LogP contribution is -2.56. The van der Waals surface area contributed by atoms with Crippen LogP contribution in [0.4, 0.5) is 4.79 Å². The van der Waals surface area contributed by atoms with Crippen molar-refractivity contribution in [2.45, 2.75) is 38.8 Å². The Labute approximate surface area is 147 Å². The topological polar surface area (TPSA) is 87.7 Å². The summed E-state index contributed by atoms with van der Waals surface area (Å²) in [5.41, 5.74) is 0.258. The second-order valence-corrected chi connectivity index (χ2v) is 7.00. The number of carbonyl (C=O) groups is 3. The predicted octanol–water partition coefficient (Wildman–Crippen LogP) is 1.08. The zero-order chi connectivity index (χ0) is 18.4. The maximum absolute atomic E-state index is 12.8. The fraction of sp³-hybridized carbons (Fsp3) is 0.500. The van der Waals surface area contributed by atoms with Crippen molar-refractivity contribution in [3.63, 3.8) is 0 Å². The maximum atomic E-state index is 12.8. The van der Waals surface area contributed by atoms with Crippen molar-refractivity contribution in [2.75, 3.05) is 19.6 Å². The molecule has 1 aliphatic heterocycles. The van der Waals surface area contributed by atoms with Gasteiger partial charge in [0.1, 0.15) is 11.6 Å². The average Bonchev–Trinajstić information content (AvgIpc) is 2.53. The molecule has 0 spiro atoms. The van der Waals surface area contributed by atoms with Gasteiger partial charge in [-0.15, -0.1) is 0 Å². The minimum absolute atomic E-state index is 0.000121. The van der Waals surface area contributed by atoms with Crippen molar-refractivity contribution in [1.29, 1.82) is 0 Å². The van der Waals surface area contributed by atoms with E-state index >= 15 is 0 Å². The van der Waals surface area contributed by atoms with Crippen LogP contribution in [-0.2, 0) is 20.7 Å². The van der Waals surface area contributed by atoms with Crippen LogP contribution in [0.15, 0.2) is 30.3 Å². The molecule has 0 saturated carbocycles. The number of rotatable bonds is 4. The summed E-state index contributed by atoms with van der Waals surface area (Å²) in [6, 6.07) is 8.62. The van der Waals surface area contributed by atoms with E-state index in [1.54, 1.807) is 20.8 Å². The molecule has 1 aromatic carbocycles. The van der Waals surface area contributed by atoms with E-state index in [1.165, 1.54) is 4.90 Å². The maximum Gasteiger partial charge on any atom is 0.408 e.